The number of sulfone groups is 1. The van der Waals surface area contributed by atoms with E-state index in [1.807, 2.05) is 19.1 Å². The molecular formula is C29H31N3O6S. The van der Waals surface area contributed by atoms with Crippen molar-refractivity contribution in [3.63, 3.8) is 0 Å². The first-order valence-corrected chi connectivity index (χ1v) is 13.8. The molecule has 0 spiro atoms. The summed E-state index contributed by atoms with van der Waals surface area (Å²) < 4.78 is 37.6. The monoisotopic (exact) mass is 549 g/mol. The Morgan fingerprint density at radius 1 is 0.923 bits per heavy atom. The molecule has 1 aliphatic rings. The number of methoxy groups -OCH3 is 2. The number of fused-ring (bicyclic) bond motifs is 1. The third kappa shape index (κ3) is 5.61. The van der Waals surface area contributed by atoms with Gasteiger partial charge in [0.15, 0.2) is 11.5 Å². The molecule has 204 valence electrons. The van der Waals surface area contributed by atoms with Crippen LogP contribution >= 0.6 is 0 Å². The zero-order valence-corrected chi connectivity index (χ0v) is 23.3. The molecule has 3 amide bonds. The van der Waals surface area contributed by atoms with Crippen LogP contribution in [0.1, 0.15) is 30.5 Å². The minimum absolute atomic E-state index is 0.111. The molecule has 10 heteroatoms. The largest absolute Gasteiger partial charge is 0.493 e. The first-order chi connectivity index (χ1) is 18.6. The van der Waals surface area contributed by atoms with Gasteiger partial charge >= 0.3 is 6.03 Å². The number of benzene rings is 3. The highest BCUT2D eigenvalue weighted by Gasteiger charge is 2.27. The van der Waals surface area contributed by atoms with Gasteiger partial charge in [0.1, 0.15) is 0 Å². The number of urea groups is 1. The summed E-state index contributed by atoms with van der Waals surface area (Å²) in [6.07, 6.45) is 2.36. The Morgan fingerprint density at radius 3 is 2.03 bits per heavy atom. The van der Waals surface area contributed by atoms with E-state index in [-0.39, 0.29) is 27.8 Å². The topological polar surface area (TPSA) is 114 Å². The van der Waals surface area contributed by atoms with Crippen LogP contribution < -0.4 is 20.1 Å². The Hall–Kier alpha value is -4.31. The van der Waals surface area contributed by atoms with Gasteiger partial charge in [-0.2, -0.15) is 0 Å². The number of nitrogens with one attached hydrogen (secondary N) is 2. The van der Waals surface area contributed by atoms with Gasteiger partial charge in [-0.25, -0.2) is 13.2 Å². The maximum absolute atomic E-state index is 13.3. The number of nitrogens with zero attached hydrogens (tertiary/aromatic N) is 1. The number of carbonyl (C=O) groups excluding carboxylic acids is 2. The Bertz CT molecular complexity index is 1530. The number of amides is 3. The molecule has 0 bridgehead atoms. The highest BCUT2D eigenvalue weighted by molar-refractivity contribution is 7.91. The Labute approximate surface area is 228 Å². The van der Waals surface area contributed by atoms with E-state index in [0.717, 1.165) is 22.3 Å². The molecular weight excluding hydrogens is 518 g/mol. The molecule has 0 aliphatic carbocycles. The van der Waals surface area contributed by atoms with E-state index in [4.69, 9.17) is 9.47 Å². The summed E-state index contributed by atoms with van der Waals surface area (Å²) in [4.78, 5) is 25.9. The molecule has 3 aromatic rings. The molecule has 0 saturated carbocycles. The SMILES string of the molecule is CNC(=O)N1C=C(c2ccc(S(=O)(=O)c3ccc(NC(C)=O)cc3)cc2)c2cc(OC)c(OC)cc2CC1C. The van der Waals surface area contributed by atoms with Crippen molar-refractivity contribution in [1.82, 2.24) is 10.2 Å². The molecule has 3 aromatic carbocycles. The van der Waals surface area contributed by atoms with Crippen LogP contribution in [0.3, 0.4) is 0 Å². The van der Waals surface area contributed by atoms with Gasteiger partial charge < -0.3 is 20.1 Å². The van der Waals surface area contributed by atoms with Crippen LogP contribution in [-0.2, 0) is 21.1 Å². The summed E-state index contributed by atoms with van der Waals surface area (Å²) in [6.45, 7) is 3.34. The maximum atomic E-state index is 13.3. The molecule has 39 heavy (non-hydrogen) atoms. The van der Waals surface area contributed by atoms with Crippen molar-refractivity contribution in [3.05, 3.63) is 83.6 Å². The van der Waals surface area contributed by atoms with Gasteiger partial charge in [0.25, 0.3) is 0 Å². The van der Waals surface area contributed by atoms with Gasteiger partial charge in [-0.1, -0.05) is 12.1 Å². The van der Waals surface area contributed by atoms with Gasteiger partial charge in [0, 0.05) is 37.5 Å². The molecule has 1 unspecified atom stereocenters. The summed E-state index contributed by atoms with van der Waals surface area (Å²) in [5, 5.41) is 5.31. The molecule has 9 nitrogen and oxygen atoms in total. The fourth-order valence-electron chi connectivity index (χ4n) is 4.58. The van der Waals surface area contributed by atoms with Crippen LogP contribution in [0.5, 0.6) is 11.5 Å². The Balaban J connectivity index is 1.78. The molecule has 2 N–H and O–H groups in total. The van der Waals surface area contributed by atoms with E-state index < -0.39 is 9.84 Å². The number of hydrogen-bond donors (Lipinski definition) is 2. The second kappa shape index (κ2) is 11.2. The van der Waals surface area contributed by atoms with Gasteiger partial charge in [-0.05, 0) is 78.6 Å². The van der Waals surface area contributed by atoms with Crippen molar-refractivity contribution >= 4 is 33.0 Å². The van der Waals surface area contributed by atoms with Crippen LogP contribution in [0.15, 0.2) is 76.7 Å². The Morgan fingerprint density at radius 2 is 1.49 bits per heavy atom. The average Bonchev–Trinajstić information content (AvgIpc) is 3.07. The highest BCUT2D eigenvalue weighted by Crippen LogP contribution is 2.39. The van der Waals surface area contributed by atoms with Crippen LogP contribution in [0.2, 0.25) is 0 Å². The van der Waals surface area contributed by atoms with Gasteiger partial charge in [-0.15, -0.1) is 0 Å². The van der Waals surface area contributed by atoms with Crippen LogP contribution in [0, 0.1) is 0 Å². The number of hydrogen-bond acceptors (Lipinski definition) is 6. The molecule has 0 radical (unpaired) electrons. The molecule has 0 aromatic heterocycles. The second-order valence-corrected chi connectivity index (χ2v) is 11.1. The molecule has 0 fully saturated rings. The quantitative estimate of drug-likeness (QED) is 0.469. The minimum Gasteiger partial charge on any atom is -0.493 e. The zero-order valence-electron chi connectivity index (χ0n) is 22.4. The first-order valence-electron chi connectivity index (χ1n) is 12.3. The fourth-order valence-corrected chi connectivity index (χ4v) is 5.84. The lowest BCUT2D eigenvalue weighted by molar-refractivity contribution is -0.114. The predicted molar refractivity (Wildman–Crippen MR) is 149 cm³/mol. The third-order valence-electron chi connectivity index (χ3n) is 6.57. The van der Waals surface area contributed by atoms with E-state index in [1.54, 1.807) is 68.8 Å². The van der Waals surface area contributed by atoms with Crippen LogP contribution in [-0.4, -0.2) is 52.6 Å². The standard InChI is InChI=1S/C29H31N3O6S/c1-18-14-21-15-27(37-4)28(38-5)16-25(21)26(17-32(18)29(34)30-3)20-6-10-23(11-7-20)39(35,36)24-12-8-22(9-13-24)31-19(2)33/h6-13,15-18H,14H2,1-5H3,(H,30,34)(H,31,33). The fraction of sp³-hybridized carbons (Fsp3) is 0.241. The van der Waals surface area contributed by atoms with E-state index in [9.17, 15) is 18.0 Å². The molecule has 1 heterocycles. The van der Waals surface area contributed by atoms with Crippen molar-refractivity contribution in [2.75, 3.05) is 26.6 Å². The van der Waals surface area contributed by atoms with E-state index >= 15 is 0 Å². The number of rotatable bonds is 6. The second-order valence-electron chi connectivity index (χ2n) is 9.16. The molecule has 4 rings (SSSR count). The van der Waals surface area contributed by atoms with Crippen molar-refractivity contribution in [2.24, 2.45) is 0 Å². The summed E-state index contributed by atoms with van der Waals surface area (Å²) in [5.74, 6) is 0.892. The normalized spacial score (nSPS) is 14.9. The highest BCUT2D eigenvalue weighted by atomic mass is 32.2. The van der Waals surface area contributed by atoms with Crippen molar-refractivity contribution in [1.29, 1.82) is 0 Å². The first kappa shape index (κ1) is 27.7. The predicted octanol–water partition coefficient (Wildman–Crippen LogP) is 4.47. The average molecular weight is 550 g/mol. The molecule has 1 aliphatic heterocycles. The van der Waals surface area contributed by atoms with Gasteiger partial charge in [0.2, 0.25) is 15.7 Å². The van der Waals surface area contributed by atoms with Gasteiger partial charge in [0.05, 0.1) is 24.0 Å². The maximum Gasteiger partial charge on any atom is 0.321 e. The lowest BCUT2D eigenvalue weighted by Crippen LogP contribution is -2.40. The zero-order chi connectivity index (χ0) is 28.3. The van der Waals surface area contributed by atoms with Crippen molar-refractivity contribution < 1.29 is 27.5 Å². The summed E-state index contributed by atoms with van der Waals surface area (Å²) >= 11 is 0. The lowest BCUT2D eigenvalue weighted by Gasteiger charge is -2.24. The summed E-state index contributed by atoms with van der Waals surface area (Å²) in [5.41, 5.74) is 3.80. The van der Waals surface area contributed by atoms with E-state index in [0.29, 0.717) is 23.6 Å². The third-order valence-corrected chi connectivity index (χ3v) is 8.35. The molecule has 1 atom stereocenters. The summed E-state index contributed by atoms with van der Waals surface area (Å²) in [6, 6.07) is 15.9. The number of anilines is 1. The Kier molecular flexibility index (Phi) is 7.96. The van der Waals surface area contributed by atoms with Gasteiger partial charge in [-0.3, -0.25) is 9.69 Å². The van der Waals surface area contributed by atoms with E-state index in [2.05, 4.69) is 10.6 Å². The number of carbonyl (C=O) groups is 2. The summed E-state index contributed by atoms with van der Waals surface area (Å²) in [7, 11) is 0.915. The molecule has 0 saturated heterocycles. The van der Waals surface area contributed by atoms with Crippen molar-refractivity contribution in [2.45, 2.75) is 36.1 Å². The number of ether oxygens (including phenoxy) is 2. The lowest BCUT2D eigenvalue weighted by atomic mass is 9.92. The smallest absolute Gasteiger partial charge is 0.321 e. The minimum atomic E-state index is -3.80. The van der Waals surface area contributed by atoms with E-state index in [1.165, 1.54) is 19.1 Å². The van der Waals surface area contributed by atoms with Crippen molar-refractivity contribution in [3.8, 4) is 11.5 Å². The van der Waals surface area contributed by atoms with Crippen LogP contribution in [0.25, 0.3) is 5.57 Å². The van der Waals surface area contributed by atoms with Crippen LogP contribution in [0.4, 0.5) is 10.5 Å².